The van der Waals surface area contributed by atoms with E-state index >= 15 is 0 Å². The molecule has 0 spiro atoms. The van der Waals surface area contributed by atoms with Gasteiger partial charge in [0.05, 0.1) is 10.6 Å². The summed E-state index contributed by atoms with van der Waals surface area (Å²) >= 11 is 5.88. The predicted octanol–water partition coefficient (Wildman–Crippen LogP) is 2.38. The van der Waals surface area contributed by atoms with Crippen LogP contribution in [-0.2, 0) is 9.53 Å². The minimum atomic E-state index is -0.665. The number of amides is 1. The van der Waals surface area contributed by atoms with Crippen LogP contribution in [-0.4, -0.2) is 24.5 Å². The Bertz CT molecular complexity index is 487. The Morgan fingerprint density at radius 3 is 2.60 bits per heavy atom. The van der Waals surface area contributed by atoms with Gasteiger partial charge in [-0.05, 0) is 31.0 Å². The van der Waals surface area contributed by atoms with Crippen molar-refractivity contribution in [3.8, 4) is 0 Å². The smallest absolute Gasteiger partial charge is 0.340 e. The quantitative estimate of drug-likeness (QED) is 0.624. The Hall–Kier alpha value is -1.75. The molecule has 0 aromatic heterocycles. The number of nitrogen functional groups attached to an aromatic ring is 1. The van der Waals surface area contributed by atoms with Gasteiger partial charge in [-0.25, -0.2) is 4.79 Å². The second-order valence-electron chi connectivity index (χ2n) is 4.40. The van der Waals surface area contributed by atoms with E-state index in [4.69, 9.17) is 22.1 Å². The van der Waals surface area contributed by atoms with Crippen molar-refractivity contribution in [3.63, 3.8) is 0 Å². The first-order valence-electron chi connectivity index (χ1n) is 6.49. The number of ether oxygens (including phenoxy) is 1. The summed E-state index contributed by atoms with van der Waals surface area (Å²) in [7, 11) is 0. The molecule has 1 aromatic carbocycles. The number of hydrogen-bond acceptors (Lipinski definition) is 4. The highest BCUT2D eigenvalue weighted by molar-refractivity contribution is 6.33. The molecule has 20 heavy (non-hydrogen) atoms. The number of carbonyl (C=O) groups excluding carboxylic acids is 2. The number of carbonyl (C=O) groups is 2. The monoisotopic (exact) mass is 298 g/mol. The third-order valence-electron chi connectivity index (χ3n) is 2.90. The first-order valence-corrected chi connectivity index (χ1v) is 6.87. The second-order valence-corrected chi connectivity index (χ2v) is 4.80. The van der Waals surface area contributed by atoms with E-state index in [-0.39, 0.29) is 29.1 Å². The number of benzene rings is 1. The number of nitrogens with two attached hydrogens (primary N) is 1. The van der Waals surface area contributed by atoms with E-state index in [2.05, 4.69) is 5.32 Å². The number of halogens is 1. The van der Waals surface area contributed by atoms with Crippen LogP contribution in [0.25, 0.3) is 0 Å². The molecule has 0 heterocycles. The van der Waals surface area contributed by atoms with Gasteiger partial charge in [-0.15, -0.1) is 0 Å². The molecule has 3 N–H and O–H groups in total. The van der Waals surface area contributed by atoms with Gasteiger partial charge in [0.25, 0.3) is 5.91 Å². The molecule has 1 amide bonds. The standard InChI is InChI=1S/C14H19ClN2O3/c1-3-10(4-2)17-13(18)8-20-14(19)11-7-9(16)5-6-12(11)15/h5-7,10H,3-4,8,16H2,1-2H3,(H,17,18). The van der Waals surface area contributed by atoms with Gasteiger partial charge in [0.2, 0.25) is 0 Å². The van der Waals surface area contributed by atoms with E-state index in [0.717, 1.165) is 12.8 Å². The molecular formula is C14H19ClN2O3. The first kappa shape index (κ1) is 16.3. The SMILES string of the molecule is CCC(CC)NC(=O)COC(=O)c1cc(N)ccc1Cl. The van der Waals surface area contributed by atoms with E-state index in [0.29, 0.717) is 5.69 Å². The Kier molecular flexibility index (Phi) is 6.31. The highest BCUT2D eigenvalue weighted by Gasteiger charge is 2.15. The van der Waals surface area contributed by atoms with Gasteiger partial charge in [-0.2, -0.15) is 0 Å². The first-order chi connectivity index (χ1) is 9.47. The van der Waals surface area contributed by atoms with Gasteiger partial charge in [-0.3, -0.25) is 4.79 Å². The van der Waals surface area contributed by atoms with Crippen molar-refractivity contribution < 1.29 is 14.3 Å². The summed E-state index contributed by atoms with van der Waals surface area (Å²) in [5.74, 6) is -0.992. The van der Waals surface area contributed by atoms with E-state index in [9.17, 15) is 9.59 Å². The fraction of sp³-hybridized carbons (Fsp3) is 0.429. The molecule has 0 aliphatic carbocycles. The van der Waals surface area contributed by atoms with Gasteiger partial charge in [0.15, 0.2) is 6.61 Å². The van der Waals surface area contributed by atoms with Gasteiger partial charge >= 0.3 is 5.97 Å². The molecule has 1 rings (SSSR count). The van der Waals surface area contributed by atoms with Gasteiger partial charge in [0, 0.05) is 11.7 Å². The number of rotatable bonds is 6. The largest absolute Gasteiger partial charge is 0.452 e. The fourth-order valence-corrected chi connectivity index (χ4v) is 1.87. The molecule has 6 heteroatoms. The van der Waals surface area contributed by atoms with Crippen LogP contribution >= 0.6 is 11.6 Å². The van der Waals surface area contributed by atoms with E-state index in [1.165, 1.54) is 12.1 Å². The average Bonchev–Trinajstić information content (AvgIpc) is 2.44. The van der Waals surface area contributed by atoms with Crippen LogP contribution < -0.4 is 11.1 Å². The minimum absolute atomic E-state index is 0.0946. The normalized spacial score (nSPS) is 10.4. The Morgan fingerprint density at radius 2 is 2.00 bits per heavy atom. The van der Waals surface area contributed by atoms with E-state index < -0.39 is 5.97 Å². The number of anilines is 1. The van der Waals surface area contributed by atoms with Crippen molar-refractivity contribution in [2.45, 2.75) is 32.7 Å². The van der Waals surface area contributed by atoms with Gasteiger partial charge < -0.3 is 15.8 Å². The lowest BCUT2D eigenvalue weighted by Crippen LogP contribution is -2.36. The Balaban J connectivity index is 2.55. The number of esters is 1. The molecule has 0 unspecified atom stereocenters. The average molecular weight is 299 g/mol. The number of nitrogens with one attached hydrogen (secondary N) is 1. The molecule has 110 valence electrons. The zero-order valence-electron chi connectivity index (χ0n) is 11.6. The summed E-state index contributed by atoms with van der Waals surface area (Å²) < 4.78 is 4.92. The van der Waals surface area contributed by atoms with Crippen molar-refractivity contribution in [2.24, 2.45) is 0 Å². The highest BCUT2D eigenvalue weighted by Crippen LogP contribution is 2.19. The maximum atomic E-state index is 11.8. The van der Waals surface area contributed by atoms with Crippen LogP contribution in [0.1, 0.15) is 37.0 Å². The lowest BCUT2D eigenvalue weighted by atomic mass is 10.2. The van der Waals surface area contributed by atoms with E-state index in [1.807, 2.05) is 13.8 Å². The van der Waals surface area contributed by atoms with Gasteiger partial charge in [-0.1, -0.05) is 25.4 Å². The van der Waals surface area contributed by atoms with Crippen molar-refractivity contribution in [1.82, 2.24) is 5.32 Å². The fourth-order valence-electron chi connectivity index (χ4n) is 1.67. The molecule has 5 nitrogen and oxygen atoms in total. The third kappa shape index (κ3) is 4.74. The van der Waals surface area contributed by atoms with E-state index in [1.54, 1.807) is 6.07 Å². The minimum Gasteiger partial charge on any atom is -0.452 e. The predicted molar refractivity (Wildman–Crippen MR) is 78.7 cm³/mol. The molecule has 0 radical (unpaired) electrons. The van der Waals surface area contributed by atoms with Gasteiger partial charge in [0.1, 0.15) is 0 Å². The molecular weight excluding hydrogens is 280 g/mol. The Morgan fingerprint density at radius 1 is 1.35 bits per heavy atom. The summed E-state index contributed by atoms with van der Waals surface area (Å²) in [5, 5.41) is 3.02. The Labute approximate surface area is 123 Å². The van der Waals surface area contributed by atoms with Crippen molar-refractivity contribution in [3.05, 3.63) is 28.8 Å². The van der Waals surface area contributed by atoms with Crippen molar-refractivity contribution >= 4 is 29.2 Å². The van der Waals surface area contributed by atoms with Crippen LogP contribution in [0.3, 0.4) is 0 Å². The van der Waals surface area contributed by atoms with Crippen LogP contribution in [0, 0.1) is 0 Å². The molecule has 0 bridgehead atoms. The lowest BCUT2D eigenvalue weighted by Gasteiger charge is -2.14. The number of hydrogen-bond donors (Lipinski definition) is 2. The van der Waals surface area contributed by atoms with Crippen LogP contribution in [0.4, 0.5) is 5.69 Å². The maximum absolute atomic E-state index is 11.8. The highest BCUT2D eigenvalue weighted by atomic mass is 35.5. The second kappa shape index (κ2) is 7.75. The van der Waals surface area contributed by atoms with Crippen molar-refractivity contribution in [1.29, 1.82) is 0 Å². The molecule has 0 aliphatic rings. The van der Waals surface area contributed by atoms with Crippen LogP contribution in [0.5, 0.6) is 0 Å². The third-order valence-corrected chi connectivity index (χ3v) is 3.22. The molecule has 0 atom stereocenters. The summed E-state index contributed by atoms with van der Waals surface area (Å²) in [6.07, 6.45) is 1.66. The molecule has 0 aliphatic heterocycles. The molecule has 1 aromatic rings. The topological polar surface area (TPSA) is 81.4 Å². The van der Waals surface area contributed by atoms with Crippen molar-refractivity contribution in [2.75, 3.05) is 12.3 Å². The maximum Gasteiger partial charge on any atom is 0.340 e. The van der Waals surface area contributed by atoms with Crippen LogP contribution in [0.15, 0.2) is 18.2 Å². The molecule has 0 fully saturated rings. The molecule has 0 saturated carbocycles. The summed E-state index contributed by atoms with van der Waals surface area (Å²) in [4.78, 5) is 23.4. The lowest BCUT2D eigenvalue weighted by molar-refractivity contribution is -0.125. The van der Waals surface area contributed by atoms with Crippen LogP contribution in [0.2, 0.25) is 5.02 Å². The summed E-state index contributed by atoms with van der Waals surface area (Å²) in [6.45, 7) is 3.63. The zero-order valence-corrected chi connectivity index (χ0v) is 12.4. The molecule has 0 saturated heterocycles. The summed E-state index contributed by atoms with van der Waals surface area (Å²) in [6, 6.07) is 4.61. The summed E-state index contributed by atoms with van der Waals surface area (Å²) in [5.41, 5.74) is 6.14. The zero-order chi connectivity index (χ0) is 15.1.